The molecule has 154 valence electrons. The second-order valence-corrected chi connectivity index (χ2v) is 8.36. The van der Waals surface area contributed by atoms with Crippen molar-refractivity contribution >= 4 is 33.5 Å². The number of amides is 1. The normalized spacial score (nSPS) is 17.7. The molecule has 1 aliphatic rings. The molecular formula is C18H23ClN2O6S. The summed E-state index contributed by atoms with van der Waals surface area (Å²) in [7, 11) is -3.95. The molecule has 1 amide bonds. The maximum absolute atomic E-state index is 12.6. The minimum absolute atomic E-state index is 0.0341. The van der Waals surface area contributed by atoms with Crippen LogP contribution in [-0.2, 0) is 24.3 Å². The van der Waals surface area contributed by atoms with Crippen molar-refractivity contribution in [1.29, 1.82) is 0 Å². The van der Waals surface area contributed by atoms with Crippen molar-refractivity contribution in [3.05, 3.63) is 41.4 Å². The van der Waals surface area contributed by atoms with E-state index in [4.69, 9.17) is 21.1 Å². The molecule has 1 aromatic rings. The van der Waals surface area contributed by atoms with Gasteiger partial charge in [-0.3, -0.25) is 4.79 Å². The summed E-state index contributed by atoms with van der Waals surface area (Å²) in [5, 5.41) is 2.47. The van der Waals surface area contributed by atoms with E-state index >= 15 is 0 Å². The fourth-order valence-corrected chi connectivity index (χ4v) is 4.11. The molecule has 0 radical (unpaired) electrons. The maximum atomic E-state index is 12.6. The van der Waals surface area contributed by atoms with Gasteiger partial charge in [0.25, 0.3) is 5.91 Å². The Hall–Kier alpha value is -1.94. The largest absolute Gasteiger partial charge is 0.449 e. The van der Waals surface area contributed by atoms with Crippen LogP contribution in [0.3, 0.4) is 0 Å². The first kappa shape index (κ1) is 22.4. The average molecular weight is 431 g/mol. The molecule has 0 aromatic heterocycles. The number of rotatable bonds is 9. The summed E-state index contributed by atoms with van der Waals surface area (Å²) in [5.41, 5.74) is -0.0368. The molecule has 2 atom stereocenters. The quantitative estimate of drug-likeness (QED) is 0.455. The van der Waals surface area contributed by atoms with Crippen molar-refractivity contribution in [3.8, 4) is 0 Å². The Balaban J connectivity index is 2.09. The standard InChI is InChI=1S/C18H23ClN2O6S/c1-3-8-20-17(22)12(2)27-18(23)13-6-7-15(19)16(10-13)28(24,25)21-11-14-5-4-9-26-14/h3,6-7,10,12,14,21H,1,4-5,8-9,11H2,2H3,(H,20,22). The SMILES string of the molecule is C=CCNC(=O)C(C)OC(=O)c1ccc(Cl)c(S(=O)(=O)NCC2CCCO2)c1. The molecule has 0 bridgehead atoms. The van der Waals surface area contributed by atoms with Crippen LogP contribution < -0.4 is 10.0 Å². The molecule has 8 nitrogen and oxygen atoms in total. The molecule has 10 heteroatoms. The van der Waals surface area contributed by atoms with E-state index in [9.17, 15) is 18.0 Å². The zero-order valence-electron chi connectivity index (χ0n) is 15.4. The number of carbonyl (C=O) groups is 2. The van der Waals surface area contributed by atoms with Crippen LogP contribution in [0.15, 0.2) is 35.7 Å². The number of halogens is 1. The molecule has 2 rings (SSSR count). The number of carbonyl (C=O) groups excluding carboxylic acids is 2. The van der Waals surface area contributed by atoms with Crippen molar-refractivity contribution in [1.82, 2.24) is 10.0 Å². The smallest absolute Gasteiger partial charge is 0.338 e. The third-order valence-electron chi connectivity index (χ3n) is 4.06. The van der Waals surface area contributed by atoms with Crippen LogP contribution in [0.4, 0.5) is 0 Å². The summed E-state index contributed by atoms with van der Waals surface area (Å²) >= 11 is 6.02. The highest BCUT2D eigenvalue weighted by Gasteiger charge is 2.25. The zero-order valence-corrected chi connectivity index (χ0v) is 17.0. The highest BCUT2D eigenvalue weighted by molar-refractivity contribution is 7.89. The Kier molecular flexibility index (Phi) is 7.99. The molecular weight excluding hydrogens is 408 g/mol. The van der Waals surface area contributed by atoms with Crippen LogP contribution in [0.5, 0.6) is 0 Å². The molecule has 1 fully saturated rings. The van der Waals surface area contributed by atoms with E-state index in [1.54, 1.807) is 0 Å². The summed E-state index contributed by atoms with van der Waals surface area (Å²) in [6, 6.07) is 3.75. The highest BCUT2D eigenvalue weighted by Crippen LogP contribution is 2.23. The van der Waals surface area contributed by atoms with E-state index in [2.05, 4.69) is 16.6 Å². The average Bonchev–Trinajstić information content (AvgIpc) is 3.18. The predicted octanol–water partition coefficient (Wildman–Crippen LogP) is 1.64. The number of benzene rings is 1. The molecule has 1 heterocycles. The minimum Gasteiger partial charge on any atom is -0.449 e. The van der Waals surface area contributed by atoms with Crippen molar-refractivity contribution < 1.29 is 27.5 Å². The van der Waals surface area contributed by atoms with Gasteiger partial charge in [-0.25, -0.2) is 17.9 Å². The van der Waals surface area contributed by atoms with Crippen LogP contribution >= 0.6 is 11.6 Å². The predicted molar refractivity (Wildman–Crippen MR) is 104 cm³/mol. The Morgan fingerprint density at radius 3 is 2.86 bits per heavy atom. The van der Waals surface area contributed by atoms with E-state index in [0.717, 1.165) is 18.9 Å². The molecule has 0 spiro atoms. The summed E-state index contributed by atoms with van der Waals surface area (Å²) < 4.78 is 38.0. The van der Waals surface area contributed by atoms with Crippen molar-refractivity contribution in [2.75, 3.05) is 19.7 Å². The van der Waals surface area contributed by atoms with E-state index in [0.29, 0.717) is 6.61 Å². The number of hydrogen-bond donors (Lipinski definition) is 2. The molecule has 1 aliphatic heterocycles. The number of nitrogens with one attached hydrogen (secondary N) is 2. The van der Waals surface area contributed by atoms with Gasteiger partial charge in [-0.05, 0) is 38.0 Å². The zero-order chi connectivity index (χ0) is 20.7. The maximum Gasteiger partial charge on any atom is 0.338 e. The number of hydrogen-bond acceptors (Lipinski definition) is 6. The van der Waals surface area contributed by atoms with Crippen LogP contribution in [0.2, 0.25) is 5.02 Å². The van der Waals surface area contributed by atoms with Crippen LogP contribution in [0.1, 0.15) is 30.1 Å². The van der Waals surface area contributed by atoms with Gasteiger partial charge in [-0.15, -0.1) is 6.58 Å². The first-order chi connectivity index (χ1) is 13.2. The number of ether oxygens (including phenoxy) is 2. The molecule has 1 aromatic carbocycles. The van der Waals surface area contributed by atoms with Crippen molar-refractivity contribution in [3.63, 3.8) is 0 Å². The molecule has 0 aliphatic carbocycles. The van der Waals surface area contributed by atoms with E-state index in [1.165, 1.54) is 25.1 Å². The lowest BCUT2D eigenvalue weighted by atomic mass is 10.2. The Bertz CT molecular complexity index is 836. The van der Waals surface area contributed by atoms with Gasteiger partial charge in [-0.1, -0.05) is 17.7 Å². The van der Waals surface area contributed by atoms with Crippen molar-refractivity contribution in [2.45, 2.75) is 36.9 Å². The number of sulfonamides is 1. The van der Waals surface area contributed by atoms with Gasteiger partial charge in [0, 0.05) is 19.7 Å². The molecule has 2 N–H and O–H groups in total. The van der Waals surface area contributed by atoms with E-state index in [-0.39, 0.29) is 34.7 Å². The monoisotopic (exact) mass is 430 g/mol. The molecule has 1 saturated heterocycles. The summed E-state index contributed by atoms with van der Waals surface area (Å²) in [6.07, 6.45) is 1.91. The van der Waals surface area contributed by atoms with Crippen molar-refractivity contribution in [2.24, 2.45) is 0 Å². The molecule has 28 heavy (non-hydrogen) atoms. The fraction of sp³-hybridized carbons (Fsp3) is 0.444. The second kappa shape index (κ2) is 10.0. The minimum atomic E-state index is -3.95. The third kappa shape index (κ3) is 6.03. The van der Waals surface area contributed by atoms with Gasteiger partial charge in [0.05, 0.1) is 16.7 Å². The lowest BCUT2D eigenvalue weighted by Gasteiger charge is -2.15. The van der Waals surface area contributed by atoms with Crippen LogP contribution in [0.25, 0.3) is 0 Å². The number of esters is 1. The van der Waals surface area contributed by atoms with Gasteiger partial charge in [0.2, 0.25) is 10.0 Å². The first-order valence-corrected chi connectivity index (χ1v) is 10.6. The van der Waals surface area contributed by atoms with Gasteiger partial charge in [0.15, 0.2) is 6.10 Å². The first-order valence-electron chi connectivity index (χ1n) is 8.75. The van der Waals surface area contributed by atoms with Crippen LogP contribution in [0, 0.1) is 0 Å². The third-order valence-corrected chi connectivity index (χ3v) is 5.96. The van der Waals surface area contributed by atoms with E-state index in [1.807, 2.05) is 0 Å². The fourth-order valence-electron chi connectivity index (χ4n) is 2.52. The second-order valence-electron chi connectivity index (χ2n) is 6.21. The van der Waals surface area contributed by atoms with Gasteiger partial charge < -0.3 is 14.8 Å². The Morgan fingerprint density at radius 2 is 2.21 bits per heavy atom. The summed E-state index contributed by atoms with van der Waals surface area (Å²) in [5.74, 6) is -1.33. The van der Waals surface area contributed by atoms with Crippen LogP contribution in [-0.4, -0.2) is 52.2 Å². The summed E-state index contributed by atoms with van der Waals surface area (Å²) in [4.78, 5) is 23.8. The Morgan fingerprint density at radius 1 is 1.46 bits per heavy atom. The topological polar surface area (TPSA) is 111 Å². The van der Waals surface area contributed by atoms with Gasteiger partial charge >= 0.3 is 5.97 Å². The highest BCUT2D eigenvalue weighted by atomic mass is 35.5. The van der Waals surface area contributed by atoms with Gasteiger partial charge in [0.1, 0.15) is 4.90 Å². The van der Waals surface area contributed by atoms with Gasteiger partial charge in [-0.2, -0.15) is 0 Å². The lowest BCUT2D eigenvalue weighted by molar-refractivity contribution is -0.128. The molecule has 0 saturated carbocycles. The summed E-state index contributed by atoms with van der Waals surface area (Å²) in [6.45, 7) is 5.85. The Labute approximate surface area is 169 Å². The molecule has 2 unspecified atom stereocenters. The lowest BCUT2D eigenvalue weighted by Crippen LogP contribution is -2.36. The van der Waals surface area contributed by atoms with E-state index < -0.39 is 28.0 Å².